The summed E-state index contributed by atoms with van der Waals surface area (Å²) in [5.74, 6) is -0.402. The van der Waals surface area contributed by atoms with Crippen molar-refractivity contribution < 1.29 is 14.3 Å². The molecule has 1 aliphatic rings. The van der Waals surface area contributed by atoms with E-state index in [0.717, 1.165) is 22.9 Å². The summed E-state index contributed by atoms with van der Waals surface area (Å²) in [6.45, 7) is -0.0115. The van der Waals surface area contributed by atoms with Gasteiger partial charge in [0, 0.05) is 10.9 Å². The largest absolute Gasteiger partial charge is 0.394 e. The molecule has 3 nitrogen and oxygen atoms in total. The second kappa shape index (κ2) is 5.36. The fraction of sp³-hybridized carbons (Fsp3) is 0.462. The zero-order valence-electron chi connectivity index (χ0n) is 9.88. The maximum atomic E-state index is 13.1. The summed E-state index contributed by atoms with van der Waals surface area (Å²) in [6, 6.07) is 4.44. The molecule has 1 aromatic carbocycles. The van der Waals surface area contributed by atoms with E-state index in [1.165, 1.54) is 12.1 Å². The Labute approximate surface area is 114 Å². The Morgan fingerprint density at radius 1 is 1.50 bits per heavy atom. The third-order valence-corrected chi connectivity index (χ3v) is 3.96. The van der Waals surface area contributed by atoms with Crippen molar-refractivity contribution in [3.8, 4) is 0 Å². The molecule has 0 aliphatic heterocycles. The fourth-order valence-corrected chi connectivity index (χ4v) is 2.26. The first-order chi connectivity index (χ1) is 8.54. The molecule has 1 aromatic rings. The molecular formula is C13H15BrFNO2. The van der Waals surface area contributed by atoms with Crippen LogP contribution in [0.5, 0.6) is 0 Å². The molecule has 1 saturated carbocycles. The van der Waals surface area contributed by atoms with Gasteiger partial charge in [0.25, 0.3) is 0 Å². The summed E-state index contributed by atoms with van der Waals surface area (Å²) < 4.78 is 13.9. The van der Waals surface area contributed by atoms with Gasteiger partial charge in [-0.2, -0.15) is 0 Å². The zero-order chi connectivity index (χ0) is 13.2. The van der Waals surface area contributed by atoms with Crippen LogP contribution in [-0.4, -0.2) is 23.2 Å². The van der Waals surface area contributed by atoms with E-state index in [-0.39, 0.29) is 23.9 Å². The molecule has 0 spiro atoms. The molecule has 0 atom stereocenters. The number of aliphatic hydroxyl groups excluding tert-OH is 1. The second-order valence-corrected chi connectivity index (χ2v) is 5.58. The highest BCUT2D eigenvalue weighted by Crippen LogP contribution is 2.34. The number of hydrogen-bond donors (Lipinski definition) is 2. The van der Waals surface area contributed by atoms with Gasteiger partial charge in [0.1, 0.15) is 5.82 Å². The molecule has 18 heavy (non-hydrogen) atoms. The lowest BCUT2D eigenvalue weighted by Gasteiger charge is -2.14. The normalized spacial score (nSPS) is 16.4. The van der Waals surface area contributed by atoms with Crippen LogP contribution >= 0.6 is 15.9 Å². The zero-order valence-corrected chi connectivity index (χ0v) is 11.5. The quantitative estimate of drug-likeness (QED) is 0.875. The van der Waals surface area contributed by atoms with Crippen LogP contribution in [0.3, 0.4) is 0 Å². The predicted molar refractivity (Wildman–Crippen MR) is 69.6 cm³/mol. The summed E-state index contributed by atoms with van der Waals surface area (Å²) in [5, 5.41) is 11.9. The molecule has 0 bridgehead atoms. The average molecular weight is 316 g/mol. The number of rotatable bonds is 5. The van der Waals surface area contributed by atoms with Gasteiger partial charge in [0.05, 0.1) is 12.1 Å². The van der Waals surface area contributed by atoms with Crippen molar-refractivity contribution in [2.75, 3.05) is 6.61 Å². The van der Waals surface area contributed by atoms with Crippen LogP contribution in [0.4, 0.5) is 4.39 Å². The number of amides is 1. The van der Waals surface area contributed by atoms with Gasteiger partial charge in [-0.05, 0) is 43.0 Å². The topological polar surface area (TPSA) is 49.3 Å². The minimum atomic E-state index is -0.379. The lowest BCUT2D eigenvalue weighted by molar-refractivity contribution is -0.122. The van der Waals surface area contributed by atoms with Gasteiger partial charge >= 0.3 is 0 Å². The van der Waals surface area contributed by atoms with E-state index >= 15 is 0 Å². The van der Waals surface area contributed by atoms with E-state index in [1.807, 2.05) is 0 Å². The summed E-state index contributed by atoms with van der Waals surface area (Å²) in [6.07, 6.45) is 2.44. The summed E-state index contributed by atoms with van der Waals surface area (Å²) in [5.41, 5.74) is 0.398. The average Bonchev–Trinajstić information content (AvgIpc) is 3.11. The molecule has 0 unspecified atom stereocenters. The highest BCUT2D eigenvalue weighted by molar-refractivity contribution is 9.10. The molecule has 1 aliphatic carbocycles. The van der Waals surface area contributed by atoms with Crippen LogP contribution in [-0.2, 0) is 11.2 Å². The van der Waals surface area contributed by atoms with Crippen molar-refractivity contribution in [1.82, 2.24) is 5.32 Å². The lowest BCUT2D eigenvalue weighted by atomic mass is 10.1. The predicted octanol–water partition coefficient (Wildman–Crippen LogP) is 2.16. The first-order valence-electron chi connectivity index (χ1n) is 5.90. The summed E-state index contributed by atoms with van der Waals surface area (Å²) in [7, 11) is 0. The molecule has 5 heteroatoms. The van der Waals surface area contributed by atoms with Gasteiger partial charge in [-0.3, -0.25) is 4.79 Å². The molecule has 98 valence electrons. The number of benzene rings is 1. The van der Waals surface area contributed by atoms with E-state index in [9.17, 15) is 9.18 Å². The second-order valence-electron chi connectivity index (χ2n) is 4.72. The fourth-order valence-electron chi connectivity index (χ4n) is 1.81. The molecule has 0 heterocycles. The van der Waals surface area contributed by atoms with Gasteiger partial charge in [0.2, 0.25) is 5.91 Å². The van der Waals surface area contributed by atoms with Crippen LogP contribution in [0, 0.1) is 5.82 Å². The van der Waals surface area contributed by atoms with Crippen molar-refractivity contribution in [1.29, 1.82) is 0 Å². The maximum Gasteiger partial charge on any atom is 0.220 e. The molecule has 1 fully saturated rings. The number of aliphatic hydroxyl groups is 1. The Kier molecular flexibility index (Phi) is 4.02. The number of aryl methyl sites for hydroxylation is 1. The van der Waals surface area contributed by atoms with Crippen molar-refractivity contribution >= 4 is 21.8 Å². The standard InChI is InChI=1S/C13H15BrFNO2/c14-11-3-2-10(15)7-9(11)1-4-12(18)16-13(8-17)5-6-13/h2-3,7,17H,1,4-6,8H2,(H,16,18). The van der Waals surface area contributed by atoms with Crippen LogP contribution < -0.4 is 5.32 Å². The van der Waals surface area contributed by atoms with Crippen molar-refractivity contribution in [3.05, 3.63) is 34.1 Å². The van der Waals surface area contributed by atoms with Gasteiger partial charge in [-0.15, -0.1) is 0 Å². The first kappa shape index (κ1) is 13.5. The summed E-state index contributed by atoms with van der Waals surface area (Å²) in [4.78, 5) is 11.7. The SMILES string of the molecule is O=C(CCc1cc(F)ccc1Br)NC1(CO)CC1. The number of carbonyl (C=O) groups excluding carboxylic acids is 1. The lowest BCUT2D eigenvalue weighted by Crippen LogP contribution is -2.39. The number of nitrogens with one attached hydrogen (secondary N) is 1. The third kappa shape index (κ3) is 3.29. The Balaban J connectivity index is 1.87. The van der Waals surface area contributed by atoms with Gasteiger partial charge in [-0.1, -0.05) is 15.9 Å². The molecular weight excluding hydrogens is 301 g/mol. The molecule has 2 rings (SSSR count). The van der Waals surface area contributed by atoms with Crippen molar-refractivity contribution in [2.45, 2.75) is 31.2 Å². The van der Waals surface area contributed by atoms with Gasteiger partial charge < -0.3 is 10.4 Å². The van der Waals surface area contributed by atoms with Crippen LogP contribution in [0.2, 0.25) is 0 Å². The Morgan fingerprint density at radius 2 is 2.22 bits per heavy atom. The van der Waals surface area contributed by atoms with E-state index < -0.39 is 0 Å². The van der Waals surface area contributed by atoms with Gasteiger partial charge in [-0.25, -0.2) is 4.39 Å². The monoisotopic (exact) mass is 315 g/mol. The number of carbonyl (C=O) groups is 1. The third-order valence-electron chi connectivity index (χ3n) is 3.19. The van der Waals surface area contributed by atoms with E-state index in [2.05, 4.69) is 21.2 Å². The van der Waals surface area contributed by atoms with Crippen LogP contribution in [0.15, 0.2) is 22.7 Å². The number of hydrogen-bond acceptors (Lipinski definition) is 2. The molecule has 2 N–H and O–H groups in total. The highest BCUT2D eigenvalue weighted by Gasteiger charge is 2.43. The van der Waals surface area contributed by atoms with Crippen LogP contribution in [0.25, 0.3) is 0 Å². The Morgan fingerprint density at radius 3 is 2.83 bits per heavy atom. The minimum Gasteiger partial charge on any atom is -0.394 e. The smallest absolute Gasteiger partial charge is 0.220 e. The van der Waals surface area contributed by atoms with E-state index in [4.69, 9.17) is 5.11 Å². The van der Waals surface area contributed by atoms with Gasteiger partial charge in [0.15, 0.2) is 0 Å². The molecule has 0 radical (unpaired) electrons. The van der Waals surface area contributed by atoms with Crippen molar-refractivity contribution in [2.24, 2.45) is 0 Å². The molecule has 0 aromatic heterocycles. The van der Waals surface area contributed by atoms with Crippen LogP contribution in [0.1, 0.15) is 24.8 Å². The molecule has 0 saturated heterocycles. The maximum absolute atomic E-state index is 13.1. The van der Waals surface area contributed by atoms with E-state index in [0.29, 0.717) is 12.8 Å². The van der Waals surface area contributed by atoms with Crippen molar-refractivity contribution in [3.63, 3.8) is 0 Å². The highest BCUT2D eigenvalue weighted by atomic mass is 79.9. The Hall–Kier alpha value is -0.940. The number of halogens is 2. The first-order valence-corrected chi connectivity index (χ1v) is 6.70. The minimum absolute atomic E-state index is 0.0115. The molecule has 1 amide bonds. The Bertz CT molecular complexity index is 460. The summed E-state index contributed by atoms with van der Waals surface area (Å²) >= 11 is 3.33. The van der Waals surface area contributed by atoms with E-state index in [1.54, 1.807) is 6.07 Å².